The molecule has 3 N–H and O–H groups in total. The minimum atomic E-state index is -0.647. The fourth-order valence-corrected chi connectivity index (χ4v) is 5.00. The summed E-state index contributed by atoms with van der Waals surface area (Å²) in [6.07, 6.45) is 1.43. The zero-order valence-electron chi connectivity index (χ0n) is 24.1. The molecule has 0 spiro atoms. The van der Waals surface area contributed by atoms with Crippen molar-refractivity contribution < 1.29 is 32.9 Å². The topological polar surface area (TPSA) is 120 Å². The quantitative estimate of drug-likeness (QED) is 0.104. The van der Waals surface area contributed by atoms with Gasteiger partial charge in [-0.05, 0) is 66.3 Å². The number of carbonyl (C=O) groups excluding carboxylic acids is 2. The van der Waals surface area contributed by atoms with Crippen LogP contribution >= 0.6 is 28.1 Å². The van der Waals surface area contributed by atoms with Crippen molar-refractivity contribution in [2.75, 3.05) is 20.3 Å². The molecule has 3 aromatic carbocycles. The van der Waals surface area contributed by atoms with E-state index in [4.69, 9.17) is 31.2 Å². The number of halogens is 2. The van der Waals surface area contributed by atoms with Gasteiger partial charge in [0.1, 0.15) is 18.2 Å². The Morgan fingerprint density at radius 3 is 2.59 bits per heavy atom. The first-order valence-corrected chi connectivity index (χ1v) is 14.6. The number of benzene rings is 3. The van der Waals surface area contributed by atoms with Crippen molar-refractivity contribution in [2.24, 2.45) is 5.10 Å². The first kappa shape index (κ1) is 32.4. The van der Waals surface area contributed by atoms with Crippen LogP contribution in [0.1, 0.15) is 36.6 Å². The number of thiocarbonyl (C=S) groups is 1. The lowest BCUT2D eigenvalue weighted by Gasteiger charge is -2.30. The number of hydrazone groups is 1. The minimum Gasteiger partial charge on any atom is -0.493 e. The third-order valence-corrected chi connectivity index (χ3v) is 7.28. The van der Waals surface area contributed by atoms with Gasteiger partial charge in [-0.25, -0.2) is 14.6 Å². The molecular weight excluding hydrogens is 655 g/mol. The van der Waals surface area contributed by atoms with Crippen molar-refractivity contribution in [3.05, 3.63) is 98.9 Å². The highest BCUT2D eigenvalue weighted by atomic mass is 79.9. The highest BCUT2D eigenvalue weighted by Gasteiger charge is 2.32. The first-order valence-electron chi connectivity index (χ1n) is 13.4. The number of methoxy groups -OCH3 is 1. The van der Waals surface area contributed by atoms with Crippen LogP contribution in [0.4, 0.5) is 4.39 Å². The molecule has 1 aliphatic heterocycles. The summed E-state index contributed by atoms with van der Waals surface area (Å²) < 4.78 is 36.9. The number of esters is 1. The van der Waals surface area contributed by atoms with Gasteiger partial charge < -0.3 is 29.6 Å². The zero-order chi connectivity index (χ0) is 31.6. The standard InChI is InChI=1S/C31H30BrFN4O6S/c1-4-41-30(39)28-18(2)35-31(44)36-29(28)21-10-6-8-12-24(21)43-17-27(38)37-34-15-20-13-25(40-3)26(14-22(20)32)42-16-19-9-5-7-11-23(19)33/h5-15,29H,4,16-17H2,1-3H3,(H,37,38)(H2,35,36,44)/t29-/m0/s1. The summed E-state index contributed by atoms with van der Waals surface area (Å²) in [5.41, 5.74) is 4.95. The molecular formula is C31H30BrFN4O6S. The Labute approximate surface area is 267 Å². The van der Waals surface area contributed by atoms with E-state index in [0.29, 0.717) is 54.8 Å². The molecule has 10 nitrogen and oxygen atoms in total. The Balaban J connectivity index is 1.40. The van der Waals surface area contributed by atoms with Crippen molar-refractivity contribution in [3.63, 3.8) is 0 Å². The molecule has 0 saturated heterocycles. The molecule has 3 aromatic rings. The number of allylic oxidation sites excluding steroid dienone is 1. The monoisotopic (exact) mass is 684 g/mol. The van der Waals surface area contributed by atoms with Crippen LogP contribution in [0.15, 0.2) is 81.5 Å². The molecule has 1 aliphatic rings. The van der Waals surface area contributed by atoms with E-state index in [0.717, 1.165) is 0 Å². The van der Waals surface area contributed by atoms with Gasteiger partial charge in [0.2, 0.25) is 0 Å². The lowest BCUT2D eigenvalue weighted by atomic mass is 9.95. The van der Waals surface area contributed by atoms with Gasteiger partial charge in [-0.15, -0.1) is 0 Å². The zero-order valence-corrected chi connectivity index (χ0v) is 26.5. The third-order valence-electron chi connectivity index (χ3n) is 6.37. The van der Waals surface area contributed by atoms with Crippen LogP contribution in [-0.4, -0.2) is 43.5 Å². The van der Waals surface area contributed by atoms with Crippen molar-refractivity contribution in [2.45, 2.75) is 26.5 Å². The van der Waals surface area contributed by atoms with Crippen molar-refractivity contribution in [1.82, 2.24) is 16.1 Å². The molecule has 0 unspecified atom stereocenters. The first-order chi connectivity index (χ1) is 21.2. The van der Waals surface area contributed by atoms with Crippen LogP contribution in [0.2, 0.25) is 0 Å². The predicted octanol–water partition coefficient (Wildman–Crippen LogP) is 5.06. The average molecular weight is 686 g/mol. The smallest absolute Gasteiger partial charge is 0.338 e. The second-order valence-corrected chi connectivity index (χ2v) is 10.6. The van der Waals surface area contributed by atoms with Gasteiger partial charge in [-0.1, -0.05) is 36.4 Å². The maximum Gasteiger partial charge on any atom is 0.338 e. The van der Waals surface area contributed by atoms with E-state index in [2.05, 4.69) is 37.1 Å². The van der Waals surface area contributed by atoms with Crippen LogP contribution in [-0.2, 0) is 20.9 Å². The van der Waals surface area contributed by atoms with Gasteiger partial charge in [0.15, 0.2) is 23.2 Å². The van der Waals surface area contributed by atoms with Gasteiger partial charge in [0, 0.05) is 26.9 Å². The molecule has 4 rings (SSSR count). The van der Waals surface area contributed by atoms with E-state index in [1.807, 2.05) is 0 Å². The van der Waals surface area contributed by atoms with Crippen LogP contribution < -0.4 is 30.3 Å². The van der Waals surface area contributed by atoms with Crippen molar-refractivity contribution in [1.29, 1.82) is 0 Å². The van der Waals surface area contributed by atoms with E-state index in [1.165, 1.54) is 19.4 Å². The molecule has 13 heteroatoms. The highest BCUT2D eigenvalue weighted by Crippen LogP contribution is 2.35. The Kier molecular flexibility index (Phi) is 11.3. The van der Waals surface area contributed by atoms with Gasteiger partial charge in [0.25, 0.3) is 5.91 Å². The van der Waals surface area contributed by atoms with E-state index in [1.54, 1.807) is 68.4 Å². The summed E-state index contributed by atoms with van der Waals surface area (Å²) in [4.78, 5) is 25.3. The highest BCUT2D eigenvalue weighted by molar-refractivity contribution is 9.10. The number of hydrogen-bond acceptors (Lipinski definition) is 8. The summed E-state index contributed by atoms with van der Waals surface area (Å²) in [5.74, 6) is -0.201. The Morgan fingerprint density at radius 2 is 1.84 bits per heavy atom. The summed E-state index contributed by atoms with van der Waals surface area (Å²) >= 11 is 8.77. The molecule has 0 bridgehead atoms. The van der Waals surface area contributed by atoms with Gasteiger partial charge in [0.05, 0.1) is 31.5 Å². The molecule has 0 saturated carbocycles. The average Bonchev–Trinajstić information content (AvgIpc) is 3.00. The molecule has 1 amide bonds. The molecule has 0 fully saturated rings. The SMILES string of the molecule is CCOC(=O)C1=C(C)NC(=S)N[C@H]1c1ccccc1OCC(=O)NN=Cc1cc(OC)c(OCc2ccccc2F)cc1Br. The van der Waals surface area contributed by atoms with E-state index in [-0.39, 0.29) is 25.6 Å². The Morgan fingerprint density at radius 1 is 1.09 bits per heavy atom. The number of nitrogens with one attached hydrogen (secondary N) is 3. The molecule has 44 heavy (non-hydrogen) atoms. The normalized spacial score (nSPS) is 14.5. The van der Waals surface area contributed by atoms with E-state index < -0.39 is 17.9 Å². The Hall–Kier alpha value is -4.49. The van der Waals surface area contributed by atoms with Crippen molar-refractivity contribution in [3.8, 4) is 17.2 Å². The lowest BCUT2D eigenvalue weighted by Crippen LogP contribution is -2.45. The number of nitrogens with zero attached hydrogens (tertiary/aromatic N) is 1. The molecule has 1 atom stereocenters. The van der Waals surface area contributed by atoms with Gasteiger partial charge in [-0.3, -0.25) is 4.79 Å². The number of rotatable bonds is 12. The molecule has 0 radical (unpaired) electrons. The van der Waals surface area contributed by atoms with Crippen LogP contribution in [0, 0.1) is 5.82 Å². The number of hydrogen-bond donors (Lipinski definition) is 3. The number of para-hydroxylation sites is 1. The van der Waals surface area contributed by atoms with Crippen LogP contribution in [0.25, 0.3) is 0 Å². The number of ether oxygens (including phenoxy) is 4. The fraction of sp³-hybridized carbons (Fsp3) is 0.226. The largest absolute Gasteiger partial charge is 0.493 e. The van der Waals surface area contributed by atoms with Crippen LogP contribution in [0.3, 0.4) is 0 Å². The summed E-state index contributed by atoms with van der Waals surface area (Å²) in [7, 11) is 1.48. The van der Waals surface area contributed by atoms with E-state index >= 15 is 0 Å². The molecule has 0 aromatic heterocycles. The molecule has 1 heterocycles. The summed E-state index contributed by atoms with van der Waals surface area (Å²) in [6.45, 7) is 3.34. The number of carbonyl (C=O) groups is 2. The second kappa shape index (κ2) is 15.3. The van der Waals surface area contributed by atoms with Crippen molar-refractivity contribution >= 4 is 51.4 Å². The van der Waals surface area contributed by atoms with E-state index in [9.17, 15) is 14.0 Å². The predicted molar refractivity (Wildman–Crippen MR) is 170 cm³/mol. The Bertz CT molecular complexity index is 1620. The second-order valence-electron chi connectivity index (χ2n) is 9.31. The maximum absolute atomic E-state index is 14.0. The minimum absolute atomic E-state index is 0.0164. The lowest BCUT2D eigenvalue weighted by molar-refractivity contribution is -0.139. The summed E-state index contributed by atoms with van der Waals surface area (Å²) in [6, 6.07) is 16.0. The maximum atomic E-state index is 14.0. The number of amides is 1. The van der Waals surface area contributed by atoms with Gasteiger partial charge >= 0.3 is 5.97 Å². The van der Waals surface area contributed by atoms with Crippen LogP contribution in [0.5, 0.6) is 17.2 Å². The third kappa shape index (κ3) is 8.11. The molecule has 0 aliphatic carbocycles. The molecule has 230 valence electrons. The fourth-order valence-electron chi connectivity index (χ4n) is 4.30. The summed E-state index contributed by atoms with van der Waals surface area (Å²) in [5, 5.41) is 10.4. The van der Waals surface area contributed by atoms with Gasteiger partial charge in [-0.2, -0.15) is 5.10 Å².